The lowest BCUT2D eigenvalue weighted by molar-refractivity contribution is -0.125. The topological polar surface area (TPSA) is 84.3 Å². The fourth-order valence-corrected chi connectivity index (χ4v) is 3.60. The zero-order valence-electron chi connectivity index (χ0n) is 15.0. The quantitative estimate of drug-likeness (QED) is 0.696. The maximum atomic E-state index is 13.1. The third kappa shape index (κ3) is 4.04. The number of anilines is 1. The molecule has 0 bridgehead atoms. The molecule has 3 amide bonds. The lowest BCUT2D eigenvalue weighted by Gasteiger charge is -2.13. The van der Waals surface area contributed by atoms with Gasteiger partial charge >= 0.3 is 0 Å². The van der Waals surface area contributed by atoms with Gasteiger partial charge in [0.1, 0.15) is 11.5 Å². The minimum Gasteiger partial charge on any atom is -0.321 e. The number of aromatic nitrogens is 2. The van der Waals surface area contributed by atoms with Crippen molar-refractivity contribution in [1.29, 1.82) is 0 Å². The van der Waals surface area contributed by atoms with Crippen molar-refractivity contribution in [2.45, 2.75) is 6.54 Å². The number of imide groups is 1. The Morgan fingerprint density at radius 1 is 1.10 bits per heavy atom. The molecule has 3 aromatic rings. The first-order valence-electron chi connectivity index (χ1n) is 8.67. The normalized spacial score (nSPS) is 13.8. The van der Waals surface area contributed by atoms with E-state index in [1.54, 1.807) is 41.0 Å². The summed E-state index contributed by atoms with van der Waals surface area (Å²) in [6.45, 7) is 0.205. The van der Waals surface area contributed by atoms with Crippen LogP contribution in [0.4, 0.5) is 14.9 Å². The number of hydrogen-bond donors (Lipinski definition) is 1. The van der Waals surface area contributed by atoms with Crippen molar-refractivity contribution in [3.05, 3.63) is 78.1 Å². The molecular formula is C20H15FN4O3S. The summed E-state index contributed by atoms with van der Waals surface area (Å²) in [7, 11) is 0. The fourth-order valence-electron chi connectivity index (χ4n) is 2.88. The van der Waals surface area contributed by atoms with Crippen LogP contribution in [0.15, 0.2) is 61.1 Å². The molecule has 2 heterocycles. The molecule has 4 rings (SSSR count). The van der Waals surface area contributed by atoms with Gasteiger partial charge in [-0.25, -0.2) is 9.37 Å². The second-order valence-corrected chi connectivity index (χ2v) is 7.24. The summed E-state index contributed by atoms with van der Waals surface area (Å²) >= 11 is 0.994. The predicted molar refractivity (Wildman–Crippen MR) is 106 cm³/mol. The van der Waals surface area contributed by atoms with E-state index in [4.69, 9.17) is 0 Å². The first-order valence-corrected chi connectivity index (χ1v) is 9.65. The number of rotatable bonds is 5. The van der Waals surface area contributed by atoms with Gasteiger partial charge in [-0.1, -0.05) is 23.9 Å². The van der Waals surface area contributed by atoms with Crippen LogP contribution in [0.3, 0.4) is 0 Å². The van der Waals surface area contributed by atoms with Crippen LogP contribution in [0.2, 0.25) is 0 Å². The summed E-state index contributed by atoms with van der Waals surface area (Å²) in [5.41, 5.74) is 2.25. The van der Waals surface area contributed by atoms with Crippen molar-refractivity contribution >= 4 is 34.5 Å². The van der Waals surface area contributed by atoms with Gasteiger partial charge in [0.15, 0.2) is 0 Å². The van der Waals surface area contributed by atoms with Crippen LogP contribution in [-0.2, 0) is 11.3 Å². The van der Waals surface area contributed by atoms with Crippen LogP contribution < -0.4 is 5.32 Å². The minimum absolute atomic E-state index is 0.175. The number of carbonyl (C=O) groups is 3. The molecule has 1 N–H and O–H groups in total. The maximum Gasteiger partial charge on any atom is 0.289 e. The van der Waals surface area contributed by atoms with Crippen LogP contribution >= 0.6 is 11.8 Å². The van der Waals surface area contributed by atoms with Gasteiger partial charge in [-0.05, 0) is 42.0 Å². The van der Waals surface area contributed by atoms with Crippen molar-refractivity contribution in [2.24, 2.45) is 0 Å². The Morgan fingerprint density at radius 2 is 1.83 bits per heavy atom. The summed E-state index contributed by atoms with van der Waals surface area (Å²) in [5.74, 6) is -0.766. The summed E-state index contributed by atoms with van der Waals surface area (Å²) in [5, 5.41) is 2.53. The zero-order valence-corrected chi connectivity index (χ0v) is 15.9. The van der Waals surface area contributed by atoms with Gasteiger partial charge in [0.25, 0.3) is 11.1 Å². The number of nitrogens with zero attached hydrogens (tertiary/aromatic N) is 3. The van der Waals surface area contributed by atoms with E-state index < -0.39 is 0 Å². The average Bonchev–Trinajstić information content (AvgIpc) is 3.32. The van der Waals surface area contributed by atoms with Gasteiger partial charge in [-0.3, -0.25) is 23.9 Å². The highest BCUT2D eigenvalue weighted by atomic mass is 32.2. The number of nitrogens with one attached hydrogen (secondary N) is 1. The molecular weight excluding hydrogens is 395 g/mol. The van der Waals surface area contributed by atoms with Crippen LogP contribution in [0.1, 0.15) is 16.1 Å². The molecule has 1 aromatic heterocycles. The molecule has 0 saturated carbocycles. The Bertz CT molecular complexity index is 1060. The maximum absolute atomic E-state index is 13.1. The SMILES string of the molecule is O=C(Nc1ccc(CN2C(=O)CSC2=O)cc1)c1cncn1-c1ccc(F)cc1. The van der Waals surface area contributed by atoms with Crippen molar-refractivity contribution in [2.75, 3.05) is 11.1 Å². The summed E-state index contributed by atoms with van der Waals surface area (Å²) in [6, 6.07) is 12.6. The highest BCUT2D eigenvalue weighted by Crippen LogP contribution is 2.22. The molecule has 146 valence electrons. The lowest BCUT2D eigenvalue weighted by Crippen LogP contribution is -2.27. The van der Waals surface area contributed by atoms with Gasteiger partial charge in [-0.15, -0.1) is 0 Å². The monoisotopic (exact) mass is 410 g/mol. The largest absolute Gasteiger partial charge is 0.321 e. The Hall–Kier alpha value is -3.46. The summed E-state index contributed by atoms with van der Waals surface area (Å²) in [6.07, 6.45) is 2.91. The van der Waals surface area contributed by atoms with Crippen LogP contribution in [0.25, 0.3) is 5.69 Å². The number of carbonyl (C=O) groups excluding carboxylic acids is 3. The Balaban J connectivity index is 1.45. The molecule has 0 spiro atoms. The molecule has 0 radical (unpaired) electrons. The molecule has 9 heteroatoms. The Kier molecular flexibility index (Phi) is 5.13. The number of benzene rings is 2. The minimum atomic E-state index is -0.374. The molecule has 1 aliphatic rings. The van der Waals surface area contributed by atoms with E-state index in [2.05, 4.69) is 10.3 Å². The van der Waals surface area contributed by atoms with Gasteiger partial charge < -0.3 is 5.32 Å². The van der Waals surface area contributed by atoms with Crippen molar-refractivity contribution in [3.63, 3.8) is 0 Å². The molecule has 7 nitrogen and oxygen atoms in total. The first-order chi connectivity index (χ1) is 14.0. The lowest BCUT2D eigenvalue weighted by atomic mass is 10.2. The van der Waals surface area contributed by atoms with E-state index in [9.17, 15) is 18.8 Å². The van der Waals surface area contributed by atoms with E-state index in [0.29, 0.717) is 17.1 Å². The van der Waals surface area contributed by atoms with E-state index in [0.717, 1.165) is 17.3 Å². The Labute approximate surface area is 169 Å². The molecule has 29 heavy (non-hydrogen) atoms. The van der Waals surface area contributed by atoms with Gasteiger partial charge in [0.05, 0.1) is 24.8 Å². The van der Waals surface area contributed by atoms with Crippen molar-refractivity contribution < 1.29 is 18.8 Å². The third-order valence-electron chi connectivity index (χ3n) is 4.37. The average molecular weight is 410 g/mol. The van der Waals surface area contributed by atoms with Crippen LogP contribution in [0, 0.1) is 5.82 Å². The summed E-state index contributed by atoms with van der Waals surface area (Å²) in [4.78, 5) is 41.2. The summed E-state index contributed by atoms with van der Waals surface area (Å²) < 4.78 is 14.7. The van der Waals surface area contributed by atoms with E-state index in [-0.39, 0.29) is 35.2 Å². The van der Waals surface area contributed by atoms with Gasteiger partial charge in [0.2, 0.25) is 5.91 Å². The standard InChI is InChI=1S/C20H15FN4O3S/c21-14-3-7-16(8-4-14)25-12-22-9-17(25)19(27)23-15-5-1-13(2-6-15)10-24-18(26)11-29-20(24)28/h1-9,12H,10-11H2,(H,23,27). The molecule has 1 saturated heterocycles. The van der Waals surface area contributed by atoms with E-state index >= 15 is 0 Å². The van der Waals surface area contributed by atoms with Gasteiger partial charge in [0, 0.05) is 11.4 Å². The first kappa shape index (κ1) is 18.9. The Morgan fingerprint density at radius 3 is 2.48 bits per heavy atom. The second kappa shape index (κ2) is 7.88. The number of thioether (sulfide) groups is 1. The molecule has 0 aliphatic carbocycles. The number of amides is 3. The number of hydrogen-bond acceptors (Lipinski definition) is 5. The predicted octanol–water partition coefficient (Wildman–Crippen LogP) is 3.46. The molecule has 1 fully saturated rings. The highest BCUT2D eigenvalue weighted by Gasteiger charge is 2.29. The fraction of sp³-hybridized carbons (Fsp3) is 0.100. The van der Waals surface area contributed by atoms with E-state index in [1.807, 2.05) is 0 Å². The molecule has 0 atom stereocenters. The number of halogens is 1. The third-order valence-corrected chi connectivity index (χ3v) is 5.23. The van der Waals surface area contributed by atoms with Gasteiger partial charge in [-0.2, -0.15) is 0 Å². The van der Waals surface area contributed by atoms with Crippen LogP contribution in [0.5, 0.6) is 0 Å². The molecule has 1 aliphatic heterocycles. The zero-order chi connectivity index (χ0) is 20.4. The van der Waals surface area contributed by atoms with Crippen molar-refractivity contribution in [3.8, 4) is 5.69 Å². The highest BCUT2D eigenvalue weighted by molar-refractivity contribution is 8.14. The second-order valence-electron chi connectivity index (χ2n) is 6.31. The van der Waals surface area contributed by atoms with E-state index in [1.165, 1.54) is 29.6 Å². The molecule has 2 aromatic carbocycles. The smallest absolute Gasteiger partial charge is 0.289 e. The van der Waals surface area contributed by atoms with Crippen LogP contribution in [-0.4, -0.2) is 37.3 Å². The molecule has 0 unspecified atom stereocenters. The number of imidazole rings is 1. The van der Waals surface area contributed by atoms with Crippen molar-refractivity contribution in [1.82, 2.24) is 14.5 Å².